The number of hydrogen-bond donors (Lipinski definition) is 2. The van der Waals surface area contributed by atoms with Crippen molar-refractivity contribution >= 4 is 40.3 Å². The smallest absolute Gasteiger partial charge is 0.245 e. The first-order valence-corrected chi connectivity index (χ1v) is 7.64. The van der Waals surface area contributed by atoms with E-state index in [1.165, 1.54) is 36.7 Å². The molecule has 0 radical (unpaired) electrons. The molecule has 0 aliphatic carbocycles. The summed E-state index contributed by atoms with van der Waals surface area (Å²) in [5.74, 6) is -0.791. The molecule has 10 heteroatoms. The van der Waals surface area contributed by atoms with Gasteiger partial charge in [0.15, 0.2) is 10.8 Å². The molecule has 0 unspecified atom stereocenters. The summed E-state index contributed by atoms with van der Waals surface area (Å²) in [4.78, 5) is 3.89. The van der Waals surface area contributed by atoms with Crippen LogP contribution in [0.15, 0.2) is 53.0 Å². The number of benzene rings is 1. The molecule has 3 aromatic rings. The Bertz CT molecular complexity index is 973. The number of nitrogens with two attached hydrogens (primary N) is 1. The van der Waals surface area contributed by atoms with Crippen LogP contribution < -0.4 is 5.73 Å². The van der Waals surface area contributed by atoms with E-state index >= 15 is 0 Å². The summed E-state index contributed by atoms with van der Waals surface area (Å²) in [5, 5.41) is 22.6. The number of halogens is 2. The van der Waals surface area contributed by atoms with Gasteiger partial charge in [0, 0.05) is 11.8 Å². The third kappa shape index (κ3) is 3.62. The minimum atomic E-state index is -0.407. The Balaban J connectivity index is 2.10. The van der Waals surface area contributed by atoms with Gasteiger partial charge in [0.1, 0.15) is 17.2 Å². The number of rotatable bonds is 3. The highest BCUT2D eigenvalue weighted by atomic mass is 35.5. The maximum atomic E-state index is 13.1. The number of hydrogen-bond acceptors (Lipinski definition) is 6. The zero-order chi connectivity index (χ0) is 18.0. The Kier molecular flexibility index (Phi) is 4.68. The predicted molar refractivity (Wildman–Crippen MR) is 94.9 cm³/mol. The van der Waals surface area contributed by atoms with Gasteiger partial charge >= 0.3 is 0 Å². The summed E-state index contributed by atoms with van der Waals surface area (Å²) in [6.45, 7) is 0. The van der Waals surface area contributed by atoms with E-state index < -0.39 is 5.82 Å². The number of aromatic hydroxyl groups is 1. The fourth-order valence-electron chi connectivity index (χ4n) is 2.01. The zero-order valence-electron chi connectivity index (χ0n) is 12.5. The summed E-state index contributed by atoms with van der Waals surface area (Å²) in [7, 11) is 0. The molecule has 7 nitrogen and oxygen atoms in total. The second-order valence-corrected chi connectivity index (χ2v) is 5.69. The van der Waals surface area contributed by atoms with Gasteiger partial charge < -0.3 is 10.8 Å². The van der Waals surface area contributed by atoms with Crippen molar-refractivity contribution in [2.45, 2.75) is 0 Å². The van der Waals surface area contributed by atoms with E-state index in [0.717, 1.165) is 4.68 Å². The van der Waals surface area contributed by atoms with E-state index in [1.54, 1.807) is 6.07 Å². The molecule has 0 amide bonds. The van der Waals surface area contributed by atoms with Crippen LogP contribution in [0, 0.1) is 5.82 Å². The normalized spacial score (nSPS) is 11.1. The molecule has 126 valence electrons. The standard InChI is InChI=1S/C15H10ClFN6OS/c16-9-5-11(7-19-6-9)20-21-13-12(8-1-3-10(17)4-2-8)22-23(14(13)24)15(18)25/h1-7,24H,(H2,18,25)/b21-20+. The van der Waals surface area contributed by atoms with E-state index in [-0.39, 0.29) is 22.4 Å². The van der Waals surface area contributed by atoms with Crippen LogP contribution in [-0.2, 0) is 0 Å². The van der Waals surface area contributed by atoms with Crippen molar-refractivity contribution in [3.63, 3.8) is 0 Å². The van der Waals surface area contributed by atoms with Gasteiger partial charge in [0.25, 0.3) is 0 Å². The molecule has 0 saturated heterocycles. The minimum absolute atomic E-state index is 0.0272. The lowest BCUT2D eigenvalue weighted by Crippen LogP contribution is -2.19. The first kappa shape index (κ1) is 16.9. The van der Waals surface area contributed by atoms with Crippen molar-refractivity contribution in [3.05, 3.63) is 53.6 Å². The molecule has 0 aliphatic heterocycles. The second kappa shape index (κ2) is 6.91. The molecule has 2 heterocycles. The topological polar surface area (TPSA) is 102 Å². The fraction of sp³-hybridized carbons (Fsp3) is 0. The molecule has 3 N–H and O–H groups in total. The van der Waals surface area contributed by atoms with Crippen LogP contribution in [0.5, 0.6) is 5.88 Å². The second-order valence-electron chi connectivity index (χ2n) is 4.84. The van der Waals surface area contributed by atoms with Gasteiger partial charge in [-0.05, 0) is 42.5 Å². The van der Waals surface area contributed by atoms with Gasteiger partial charge in [-0.2, -0.15) is 9.78 Å². The third-order valence-electron chi connectivity index (χ3n) is 3.12. The fourth-order valence-corrected chi connectivity index (χ4v) is 2.31. The summed E-state index contributed by atoms with van der Waals surface area (Å²) >= 11 is 10.7. The molecule has 2 aromatic heterocycles. The van der Waals surface area contributed by atoms with Gasteiger partial charge in [-0.25, -0.2) is 4.39 Å². The van der Waals surface area contributed by atoms with Crippen LogP contribution in [-0.4, -0.2) is 25.0 Å². The minimum Gasteiger partial charge on any atom is -0.492 e. The number of thiocarbonyl (C=S) groups is 1. The SMILES string of the molecule is NC(=S)n1nc(-c2ccc(F)cc2)c(/N=N/c2cncc(Cl)c2)c1O. The molecule has 1 aromatic carbocycles. The van der Waals surface area contributed by atoms with Crippen molar-refractivity contribution in [2.24, 2.45) is 16.0 Å². The maximum Gasteiger partial charge on any atom is 0.245 e. The molecule has 0 saturated carbocycles. The molecule has 0 atom stereocenters. The lowest BCUT2D eigenvalue weighted by molar-refractivity contribution is 0.440. The van der Waals surface area contributed by atoms with E-state index in [1.807, 2.05) is 0 Å². The van der Waals surface area contributed by atoms with Gasteiger partial charge in [-0.15, -0.1) is 10.2 Å². The molecule has 0 spiro atoms. The average Bonchev–Trinajstić information content (AvgIpc) is 2.91. The Hall–Kier alpha value is -2.91. The summed E-state index contributed by atoms with van der Waals surface area (Å²) < 4.78 is 14.1. The highest BCUT2D eigenvalue weighted by Crippen LogP contribution is 2.38. The van der Waals surface area contributed by atoms with E-state index in [4.69, 9.17) is 29.6 Å². The number of aromatic nitrogens is 3. The molecule has 25 heavy (non-hydrogen) atoms. The molecule has 0 bridgehead atoms. The Morgan fingerprint density at radius 3 is 2.60 bits per heavy atom. The van der Waals surface area contributed by atoms with Crippen LogP contribution in [0.1, 0.15) is 0 Å². The van der Waals surface area contributed by atoms with Crippen molar-refractivity contribution in [3.8, 4) is 17.1 Å². The lowest BCUT2D eigenvalue weighted by atomic mass is 10.1. The highest BCUT2D eigenvalue weighted by Gasteiger charge is 2.20. The quantitative estimate of drug-likeness (QED) is 0.532. The van der Waals surface area contributed by atoms with E-state index in [0.29, 0.717) is 16.3 Å². The van der Waals surface area contributed by atoms with Gasteiger partial charge in [-0.1, -0.05) is 11.6 Å². The lowest BCUT2D eigenvalue weighted by Gasteiger charge is -1.98. The van der Waals surface area contributed by atoms with E-state index in [2.05, 4.69) is 20.3 Å². The van der Waals surface area contributed by atoms with Gasteiger partial charge in [0.2, 0.25) is 5.88 Å². The molecule has 3 rings (SSSR count). The monoisotopic (exact) mass is 376 g/mol. The van der Waals surface area contributed by atoms with Crippen LogP contribution in [0.2, 0.25) is 5.02 Å². The maximum absolute atomic E-state index is 13.1. The predicted octanol–water partition coefficient (Wildman–Crippen LogP) is 3.95. The molecule has 0 fully saturated rings. The van der Waals surface area contributed by atoms with Crippen molar-refractivity contribution in [2.75, 3.05) is 0 Å². The first-order chi connectivity index (χ1) is 12.0. The summed E-state index contributed by atoms with van der Waals surface area (Å²) in [6.07, 6.45) is 2.90. The van der Waals surface area contributed by atoms with Gasteiger partial charge in [0.05, 0.1) is 11.2 Å². The van der Waals surface area contributed by atoms with Crippen molar-refractivity contribution < 1.29 is 9.50 Å². The highest BCUT2D eigenvalue weighted by molar-refractivity contribution is 7.80. The van der Waals surface area contributed by atoms with Crippen LogP contribution in [0.3, 0.4) is 0 Å². The summed E-state index contributed by atoms with van der Waals surface area (Å²) in [6, 6.07) is 7.04. The van der Waals surface area contributed by atoms with Crippen LogP contribution >= 0.6 is 23.8 Å². The largest absolute Gasteiger partial charge is 0.492 e. The van der Waals surface area contributed by atoms with Crippen molar-refractivity contribution in [1.29, 1.82) is 0 Å². The Morgan fingerprint density at radius 1 is 1.24 bits per heavy atom. The summed E-state index contributed by atoms with van der Waals surface area (Å²) in [5.41, 5.74) is 6.68. The first-order valence-electron chi connectivity index (χ1n) is 6.85. The molecular weight excluding hydrogens is 367 g/mol. The number of pyridine rings is 1. The Labute approximate surface area is 151 Å². The molecule has 0 aliphatic rings. The third-order valence-corrected chi connectivity index (χ3v) is 3.50. The number of azo groups is 1. The Morgan fingerprint density at radius 2 is 1.96 bits per heavy atom. The van der Waals surface area contributed by atoms with Crippen LogP contribution in [0.25, 0.3) is 11.3 Å². The molecular formula is C15H10ClFN6OS. The van der Waals surface area contributed by atoms with Crippen LogP contribution in [0.4, 0.5) is 15.8 Å². The number of nitrogens with zero attached hydrogens (tertiary/aromatic N) is 5. The van der Waals surface area contributed by atoms with Crippen molar-refractivity contribution in [1.82, 2.24) is 14.8 Å². The van der Waals surface area contributed by atoms with E-state index in [9.17, 15) is 9.50 Å². The van der Waals surface area contributed by atoms with Gasteiger partial charge in [-0.3, -0.25) is 4.98 Å². The zero-order valence-corrected chi connectivity index (χ0v) is 14.0. The average molecular weight is 377 g/mol.